The van der Waals surface area contributed by atoms with Crippen LogP contribution < -0.4 is 10.4 Å². The molecular formula is C26H38O3Si. The second-order valence-electron chi connectivity index (χ2n) is 9.67. The van der Waals surface area contributed by atoms with Crippen LogP contribution in [-0.2, 0) is 4.43 Å². The second kappa shape index (κ2) is 10.1. The van der Waals surface area contributed by atoms with Crippen LogP contribution in [0.5, 0.6) is 0 Å². The summed E-state index contributed by atoms with van der Waals surface area (Å²) in [6, 6.07) is 20.7. The number of aliphatic hydroxyl groups excluding tert-OH is 1. The standard InChI is InChI=1S/C26H38O3Si/c1-21(2)14-13-19-26(6,28)24(27)20-29-30(25(3,4)5,22-15-9-7-10-16-22)23-17-11-8-12-18-23/h7-12,14-18,24,27-28H,13,19-20H2,1-6H3/t24-,26+/m1/s1. The summed E-state index contributed by atoms with van der Waals surface area (Å²) in [6.45, 7) is 12.5. The Morgan fingerprint density at radius 1 is 0.933 bits per heavy atom. The van der Waals surface area contributed by atoms with E-state index in [0.717, 1.165) is 6.42 Å². The number of hydrogen-bond acceptors (Lipinski definition) is 3. The van der Waals surface area contributed by atoms with Crippen LogP contribution in [0.4, 0.5) is 0 Å². The van der Waals surface area contributed by atoms with E-state index in [2.05, 4.69) is 51.1 Å². The Labute approximate surface area is 183 Å². The highest BCUT2D eigenvalue weighted by Crippen LogP contribution is 2.37. The predicted octanol–water partition coefficient (Wildman–Crippen LogP) is 4.42. The summed E-state index contributed by atoms with van der Waals surface area (Å²) in [5.74, 6) is 0. The van der Waals surface area contributed by atoms with Crippen molar-refractivity contribution in [2.45, 2.75) is 71.1 Å². The molecule has 0 saturated heterocycles. The van der Waals surface area contributed by atoms with Gasteiger partial charge in [0.25, 0.3) is 8.32 Å². The third-order valence-corrected chi connectivity index (χ3v) is 10.8. The molecule has 0 heterocycles. The number of rotatable bonds is 9. The average molecular weight is 427 g/mol. The molecular weight excluding hydrogens is 388 g/mol. The van der Waals surface area contributed by atoms with E-state index in [9.17, 15) is 10.2 Å². The molecule has 0 unspecified atom stereocenters. The Kier molecular flexibility index (Phi) is 8.23. The molecule has 0 saturated carbocycles. The fourth-order valence-electron chi connectivity index (χ4n) is 3.96. The van der Waals surface area contributed by atoms with Gasteiger partial charge >= 0.3 is 0 Å². The molecule has 2 aromatic rings. The van der Waals surface area contributed by atoms with Crippen LogP contribution in [0.2, 0.25) is 5.04 Å². The fraction of sp³-hybridized carbons (Fsp3) is 0.462. The maximum atomic E-state index is 10.9. The van der Waals surface area contributed by atoms with Gasteiger partial charge in [-0.25, -0.2) is 0 Å². The molecule has 0 aromatic heterocycles. The van der Waals surface area contributed by atoms with E-state index < -0.39 is 20.0 Å². The van der Waals surface area contributed by atoms with Gasteiger partial charge in [0.05, 0.1) is 12.2 Å². The van der Waals surface area contributed by atoms with Gasteiger partial charge in [-0.15, -0.1) is 0 Å². The maximum absolute atomic E-state index is 10.9. The normalized spacial score (nSPS) is 15.3. The molecule has 164 valence electrons. The molecule has 4 heteroatoms. The first-order chi connectivity index (χ1) is 14.0. The topological polar surface area (TPSA) is 49.7 Å². The highest BCUT2D eigenvalue weighted by Gasteiger charge is 2.50. The molecule has 0 spiro atoms. The van der Waals surface area contributed by atoms with Gasteiger partial charge in [-0.05, 0) is 49.0 Å². The molecule has 0 aliphatic rings. The molecule has 2 aromatic carbocycles. The van der Waals surface area contributed by atoms with Gasteiger partial charge in [0, 0.05) is 0 Å². The largest absolute Gasteiger partial charge is 0.405 e. The summed E-state index contributed by atoms with van der Waals surface area (Å²) in [5, 5.41) is 24.0. The minimum atomic E-state index is -2.72. The summed E-state index contributed by atoms with van der Waals surface area (Å²) in [4.78, 5) is 0. The lowest BCUT2D eigenvalue weighted by molar-refractivity contribution is -0.0838. The highest BCUT2D eigenvalue weighted by atomic mass is 28.4. The Balaban J connectivity index is 2.38. The molecule has 3 nitrogen and oxygen atoms in total. The number of hydrogen-bond donors (Lipinski definition) is 2. The maximum Gasteiger partial charge on any atom is 0.261 e. The summed E-state index contributed by atoms with van der Waals surface area (Å²) in [5.41, 5.74) is 0.000938. The molecule has 0 aliphatic carbocycles. The van der Waals surface area contributed by atoms with E-state index in [1.165, 1.54) is 15.9 Å². The lowest BCUT2D eigenvalue weighted by atomic mass is 9.93. The highest BCUT2D eigenvalue weighted by molar-refractivity contribution is 6.99. The zero-order valence-electron chi connectivity index (χ0n) is 19.4. The lowest BCUT2D eigenvalue weighted by Crippen LogP contribution is -2.67. The Hall–Kier alpha value is -1.72. The minimum Gasteiger partial charge on any atom is -0.405 e. The van der Waals surface area contributed by atoms with Crippen molar-refractivity contribution in [1.82, 2.24) is 0 Å². The summed E-state index contributed by atoms with van der Waals surface area (Å²) in [6.07, 6.45) is 2.34. The van der Waals surface area contributed by atoms with E-state index in [4.69, 9.17) is 4.43 Å². The second-order valence-corrected chi connectivity index (χ2v) is 14.0. The van der Waals surface area contributed by atoms with Crippen molar-refractivity contribution >= 4 is 18.7 Å². The summed E-state index contributed by atoms with van der Waals surface area (Å²) < 4.78 is 6.76. The number of aliphatic hydroxyl groups is 2. The van der Waals surface area contributed by atoms with E-state index in [1.54, 1.807) is 6.92 Å². The first-order valence-electron chi connectivity index (χ1n) is 10.8. The molecule has 0 fully saturated rings. The van der Waals surface area contributed by atoms with Crippen LogP contribution in [0.25, 0.3) is 0 Å². The van der Waals surface area contributed by atoms with E-state index >= 15 is 0 Å². The molecule has 2 N–H and O–H groups in total. The van der Waals surface area contributed by atoms with Gasteiger partial charge in [0.2, 0.25) is 0 Å². The number of benzene rings is 2. The van der Waals surface area contributed by atoms with Crippen molar-refractivity contribution in [3.05, 3.63) is 72.3 Å². The quantitative estimate of drug-likeness (QED) is 0.461. The first-order valence-corrected chi connectivity index (χ1v) is 12.7. The van der Waals surface area contributed by atoms with E-state index in [-0.39, 0.29) is 11.6 Å². The van der Waals surface area contributed by atoms with Crippen LogP contribution in [0.1, 0.15) is 54.4 Å². The van der Waals surface area contributed by atoms with Gasteiger partial charge in [0.15, 0.2) is 0 Å². The Bertz CT molecular complexity index is 764. The van der Waals surface area contributed by atoms with E-state index in [0.29, 0.717) is 6.42 Å². The third-order valence-electron chi connectivity index (χ3n) is 5.80. The molecule has 0 bridgehead atoms. The van der Waals surface area contributed by atoms with Crippen molar-refractivity contribution in [2.75, 3.05) is 6.61 Å². The zero-order chi connectivity index (χ0) is 22.4. The van der Waals surface area contributed by atoms with E-state index in [1.807, 2.05) is 50.2 Å². The monoisotopic (exact) mass is 426 g/mol. The lowest BCUT2D eigenvalue weighted by Gasteiger charge is -2.44. The van der Waals surface area contributed by atoms with Gasteiger partial charge in [-0.3, -0.25) is 0 Å². The van der Waals surface area contributed by atoms with Gasteiger partial charge < -0.3 is 14.6 Å². The van der Waals surface area contributed by atoms with Gasteiger partial charge in [-0.2, -0.15) is 0 Å². The number of allylic oxidation sites excluding steroid dienone is 2. The van der Waals surface area contributed by atoms with Crippen molar-refractivity contribution < 1.29 is 14.6 Å². The fourth-order valence-corrected chi connectivity index (χ4v) is 8.53. The van der Waals surface area contributed by atoms with Crippen LogP contribution in [0, 0.1) is 0 Å². The molecule has 2 atom stereocenters. The minimum absolute atomic E-state index is 0.0924. The van der Waals surface area contributed by atoms with Crippen LogP contribution in [0.3, 0.4) is 0 Å². The molecule has 0 radical (unpaired) electrons. The summed E-state index contributed by atoms with van der Waals surface area (Å²) >= 11 is 0. The van der Waals surface area contributed by atoms with Crippen LogP contribution in [-0.4, -0.2) is 36.8 Å². The van der Waals surface area contributed by atoms with Crippen molar-refractivity contribution in [1.29, 1.82) is 0 Å². The molecule has 0 aliphatic heterocycles. The zero-order valence-corrected chi connectivity index (χ0v) is 20.4. The predicted molar refractivity (Wildman–Crippen MR) is 129 cm³/mol. The van der Waals surface area contributed by atoms with Crippen LogP contribution >= 0.6 is 0 Å². The third kappa shape index (κ3) is 5.70. The smallest absolute Gasteiger partial charge is 0.261 e. The molecule has 2 rings (SSSR count). The van der Waals surface area contributed by atoms with Crippen LogP contribution in [0.15, 0.2) is 72.3 Å². The molecule has 30 heavy (non-hydrogen) atoms. The average Bonchev–Trinajstić information content (AvgIpc) is 2.68. The van der Waals surface area contributed by atoms with Crippen molar-refractivity contribution in [2.24, 2.45) is 0 Å². The van der Waals surface area contributed by atoms with Gasteiger partial charge in [-0.1, -0.05) is 93.1 Å². The van der Waals surface area contributed by atoms with Crippen molar-refractivity contribution in [3.63, 3.8) is 0 Å². The van der Waals surface area contributed by atoms with Crippen molar-refractivity contribution in [3.8, 4) is 0 Å². The molecule has 0 amide bonds. The van der Waals surface area contributed by atoms with Gasteiger partial charge in [0.1, 0.15) is 6.10 Å². The SMILES string of the molecule is CC(C)=CCC[C@](C)(O)[C@H](O)CO[Si](c1ccccc1)(c1ccccc1)C(C)(C)C. The Morgan fingerprint density at radius 2 is 1.40 bits per heavy atom. The Morgan fingerprint density at radius 3 is 1.80 bits per heavy atom. The first kappa shape index (κ1) is 24.5. The summed E-state index contributed by atoms with van der Waals surface area (Å²) in [7, 11) is -2.72.